The quantitative estimate of drug-likeness (QED) is 0.882. The Morgan fingerprint density at radius 3 is 2.35 bits per heavy atom. The molecule has 0 saturated heterocycles. The van der Waals surface area contributed by atoms with Gasteiger partial charge in [-0.15, -0.1) is 0 Å². The molecule has 2 aromatic carbocycles. The first-order valence-corrected chi connectivity index (χ1v) is 6.47. The van der Waals surface area contributed by atoms with Crippen LogP contribution in [0, 0.1) is 11.6 Å². The maximum atomic E-state index is 13.2. The fourth-order valence-corrected chi connectivity index (χ4v) is 2.21. The van der Waals surface area contributed by atoms with Crippen LogP contribution in [0.1, 0.15) is 37.1 Å². The molecule has 0 aliphatic rings. The Morgan fingerprint density at radius 2 is 1.65 bits per heavy atom. The van der Waals surface area contributed by atoms with Gasteiger partial charge < -0.3 is 10.4 Å². The second-order valence-electron chi connectivity index (χ2n) is 4.87. The van der Waals surface area contributed by atoms with Gasteiger partial charge in [-0.05, 0) is 49.7 Å². The van der Waals surface area contributed by atoms with Crippen molar-refractivity contribution in [2.45, 2.75) is 25.9 Å². The van der Waals surface area contributed by atoms with E-state index in [1.807, 2.05) is 19.9 Å². The van der Waals surface area contributed by atoms with Gasteiger partial charge in [-0.2, -0.15) is 0 Å². The topological polar surface area (TPSA) is 32.3 Å². The third kappa shape index (κ3) is 3.33. The summed E-state index contributed by atoms with van der Waals surface area (Å²) in [5.74, 6) is -0.653. The maximum absolute atomic E-state index is 13.2. The smallest absolute Gasteiger partial charge is 0.123 e. The molecule has 2 rings (SSSR count). The summed E-state index contributed by atoms with van der Waals surface area (Å²) in [5, 5.41) is 13.0. The second kappa shape index (κ2) is 6.01. The van der Waals surface area contributed by atoms with Crippen LogP contribution >= 0.6 is 0 Å². The lowest BCUT2D eigenvalue weighted by Crippen LogP contribution is -2.22. The largest absolute Gasteiger partial charge is 0.508 e. The molecule has 2 nitrogen and oxygen atoms in total. The van der Waals surface area contributed by atoms with E-state index < -0.39 is 5.82 Å². The van der Waals surface area contributed by atoms with E-state index in [1.165, 1.54) is 30.3 Å². The van der Waals surface area contributed by atoms with Crippen LogP contribution in [0.5, 0.6) is 5.75 Å². The van der Waals surface area contributed by atoms with Crippen LogP contribution in [0.25, 0.3) is 0 Å². The van der Waals surface area contributed by atoms with E-state index in [0.717, 1.165) is 5.56 Å². The molecule has 0 fully saturated rings. The van der Waals surface area contributed by atoms with Crippen molar-refractivity contribution >= 4 is 0 Å². The highest BCUT2D eigenvalue weighted by Gasteiger charge is 2.15. The van der Waals surface area contributed by atoms with E-state index in [9.17, 15) is 13.9 Å². The van der Waals surface area contributed by atoms with Crippen molar-refractivity contribution in [1.29, 1.82) is 0 Å². The van der Waals surface area contributed by atoms with Crippen molar-refractivity contribution in [3.8, 4) is 5.75 Å². The summed E-state index contributed by atoms with van der Waals surface area (Å²) in [7, 11) is 0. The number of hydrogen-bond acceptors (Lipinski definition) is 2. The third-order valence-corrected chi connectivity index (χ3v) is 3.30. The lowest BCUT2D eigenvalue weighted by molar-refractivity contribution is 0.434. The number of phenolic OH excluding ortho intramolecular Hbond substituents is 1. The molecule has 0 amide bonds. The number of nitrogens with one attached hydrogen (secondary N) is 1. The molecule has 0 aliphatic heterocycles. The fraction of sp³-hybridized carbons (Fsp3) is 0.250. The number of benzene rings is 2. The molecule has 0 saturated carbocycles. The lowest BCUT2D eigenvalue weighted by atomic mass is 10.0. The molecular weight excluding hydrogens is 260 g/mol. The zero-order valence-corrected chi connectivity index (χ0v) is 11.4. The van der Waals surface area contributed by atoms with Crippen LogP contribution in [0.3, 0.4) is 0 Å². The first-order valence-electron chi connectivity index (χ1n) is 6.47. The predicted octanol–water partition coefficient (Wildman–Crippen LogP) is 4.08. The standard InChI is InChI=1S/C16H17F2NO/c1-10(12-4-3-5-13(17)8-12)19-11(2)15-9-14(18)6-7-16(15)20/h3-11,19-20H,1-2H3/t10-,11?/m0/s1. The van der Waals surface area contributed by atoms with E-state index in [-0.39, 0.29) is 23.7 Å². The molecule has 20 heavy (non-hydrogen) atoms. The molecule has 0 spiro atoms. The van der Waals surface area contributed by atoms with Gasteiger partial charge in [-0.25, -0.2) is 8.78 Å². The summed E-state index contributed by atoms with van der Waals surface area (Å²) in [6.45, 7) is 3.71. The normalized spacial score (nSPS) is 14.0. The minimum absolute atomic E-state index is 0.0397. The Hall–Kier alpha value is -1.94. The number of halogens is 2. The minimum atomic E-state index is -0.398. The molecule has 0 aromatic heterocycles. The SMILES string of the molecule is CC(N[C@@H](C)c1cccc(F)c1)c1cc(F)ccc1O. The highest BCUT2D eigenvalue weighted by atomic mass is 19.1. The van der Waals surface area contributed by atoms with Crippen LogP contribution in [0.4, 0.5) is 8.78 Å². The fourth-order valence-electron chi connectivity index (χ4n) is 2.21. The molecule has 0 aliphatic carbocycles. The zero-order valence-electron chi connectivity index (χ0n) is 11.4. The van der Waals surface area contributed by atoms with Crippen molar-refractivity contribution in [3.05, 3.63) is 65.2 Å². The monoisotopic (exact) mass is 277 g/mol. The van der Waals surface area contributed by atoms with Gasteiger partial charge in [0, 0.05) is 17.6 Å². The highest BCUT2D eigenvalue weighted by Crippen LogP contribution is 2.27. The van der Waals surface area contributed by atoms with Crippen molar-refractivity contribution in [1.82, 2.24) is 5.32 Å². The van der Waals surface area contributed by atoms with Crippen LogP contribution in [0.15, 0.2) is 42.5 Å². The summed E-state index contributed by atoms with van der Waals surface area (Å²) in [6.07, 6.45) is 0. The van der Waals surface area contributed by atoms with Crippen molar-refractivity contribution in [2.24, 2.45) is 0 Å². The van der Waals surface area contributed by atoms with Crippen molar-refractivity contribution in [3.63, 3.8) is 0 Å². The van der Waals surface area contributed by atoms with Crippen molar-refractivity contribution in [2.75, 3.05) is 0 Å². The molecular formula is C16H17F2NO. The molecule has 106 valence electrons. The van der Waals surface area contributed by atoms with Gasteiger partial charge in [0.15, 0.2) is 0 Å². The van der Waals surface area contributed by atoms with E-state index in [0.29, 0.717) is 5.56 Å². The summed E-state index contributed by atoms with van der Waals surface area (Å²) in [6, 6.07) is 9.76. The summed E-state index contributed by atoms with van der Waals surface area (Å²) in [4.78, 5) is 0. The number of hydrogen-bond donors (Lipinski definition) is 2. The van der Waals surface area contributed by atoms with Crippen molar-refractivity contribution < 1.29 is 13.9 Å². The van der Waals surface area contributed by atoms with Crippen LogP contribution in [-0.2, 0) is 0 Å². The van der Waals surface area contributed by atoms with Gasteiger partial charge in [0.2, 0.25) is 0 Å². The molecule has 0 bridgehead atoms. The summed E-state index contributed by atoms with van der Waals surface area (Å²) >= 11 is 0. The summed E-state index contributed by atoms with van der Waals surface area (Å²) in [5.41, 5.74) is 1.28. The van der Waals surface area contributed by atoms with Crippen LogP contribution in [-0.4, -0.2) is 5.11 Å². The zero-order chi connectivity index (χ0) is 14.7. The van der Waals surface area contributed by atoms with E-state index in [1.54, 1.807) is 6.07 Å². The Labute approximate surface area is 117 Å². The molecule has 1 unspecified atom stereocenters. The molecule has 2 N–H and O–H groups in total. The first kappa shape index (κ1) is 14.5. The molecule has 4 heteroatoms. The van der Waals surface area contributed by atoms with E-state index in [2.05, 4.69) is 5.32 Å². The average Bonchev–Trinajstić information content (AvgIpc) is 2.41. The Morgan fingerprint density at radius 1 is 0.950 bits per heavy atom. The maximum Gasteiger partial charge on any atom is 0.123 e. The minimum Gasteiger partial charge on any atom is -0.508 e. The van der Waals surface area contributed by atoms with Gasteiger partial charge in [-0.1, -0.05) is 12.1 Å². The van der Waals surface area contributed by atoms with Gasteiger partial charge in [0.25, 0.3) is 0 Å². The van der Waals surface area contributed by atoms with Crippen LogP contribution in [0.2, 0.25) is 0 Å². The first-order chi connectivity index (χ1) is 9.47. The average molecular weight is 277 g/mol. The molecule has 2 aromatic rings. The van der Waals surface area contributed by atoms with E-state index in [4.69, 9.17) is 0 Å². The predicted molar refractivity (Wildman–Crippen MR) is 74.4 cm³/mol. The third-order valence-electron chi connectivity index (χ3n) is 3.30. The molecule has 2 atom stereocenters. The molecule has 0 heterocycles. The Kier molecular flexibility index (Phi) is 4.35. The number of phenols is 1. The lowest BCUT2D eigenvalue weighted by Gasteiger charge is -2.21. The summed E-state index contributed by atoms with van der Waals surface area (Å²) < 4.78 is 26.4. The number of aromatic hydroxyl groups is 1. The van der Waals surface area contributed by atoms with Gasteiger partial charge in [0.1, 0.15) is 17.4 Å². The highest BCUT2D eigenvalue weighted by molar-refractivity contribution is 5.35. The second-order valence-corrected chi connectivity index (χ2v) is 4.87. The number of rotatable bonds is 4. The van der Waals surface area contributed by atoms with Gasteiger partial charge in [0.05, 0.1) is 0 Å². The Balaban J connectivity index is 2.15. The Bertz CT molecular complexity index is 601. The van der Waals surface area contributed by atoms with Gasteiger partial charge >= 0.3 is 0 Å². The van der Waals surface area contributed by atoms with E-state index >= 15 is 0 Å². The van der Waals surface area contributed by atoms with Crippen LogP contribution < -0.4 is 5.32 Å². The van der Waals surface area contributed by atoms with Gasteiger partial charge in [-0.3, -0.25) is 0 Å². The molecule has 0 radical (unpaired) electrons.